The van der Waals surface area contributed by atoms with Crippen molar-refractivity contribution >= 4 is 48.4 Å². The number of aromatic nitrogens is 1. The van der Waals surface area contributed by atoms with Crippen LogP contribution in [0.15, 0.2) is 95.9 Å². The molecule has 188 valence electrons. The Balaban J connectivity index is 1.78. The van der Waals surface area contributed by atoms with Crippen LogP contribution in [0.5, 0.6) is 5.75 Å². The van der Waals surface area contributed by atoms with Gasteiger partial charge < -0.3 is 9.17 Å². The molecule has 6 rings (SSSR count). The first-order chi connectivity index (χ1) is 18.2. The molecule has 0 amide bonds. The standard InChI is InChI=1S/C30H22N2O5S/c1-18-8-12-22(13-9-18)38(35,36)37-30-23-14-11-21(32(33)34)17-24(23)27(20-6-4-3-5-7-20)28-25-16-19(2)10-15-26(25)31-29(28)30/h3-17,31H,1-2H3. The molecule has 1 aromatic heterocycles. The first-order valence-electron chi connectivity index (χ1n) is 12.0. The summed E-state index contributed by atoms with van der Waals surface area (Å²) in [6, 6.07) is 26.3. The molecule has 38 heavy (non-hydrogen) atoms. The van der Waals surface area contributed by atoms with E-state index in [0.29, 0.717) is 16.3 Å². The van der Waals surface area contributed by atoms with Crippen LogP contribution in [0.1, 0.15) is 11.1 Å². The maximum absolute atomic E-state index is 13.5. The number of benzene rings is 5. The number of nitrogens with zero attached hydrogens (tertiary/aromatic N) is 1. The van der Waals surface area contributed by atoms with Gasteiger partial charge in [-0.25, -0.2) is 0 Å². The van der Waals surface area contributed by atoms with Gasteiger partial charge in [0.25, 0.3) is 5.69 Å². The molecule has 0 aliphatic carbocycles. The Morgan fingerprint density at radius 2 is 1.50 bits per heavy atom. The molecule has 0 fully saturated rings. The Labute approximate surface area is 218 Å². The smallest absolute Gasteiger partial charge is 0.339 e. The van der Waals surface area contributed by atoms with Crippen LogP contribution in [0.4, 0.5) is 5.69 Å². The molecule has 1 heterocycles. The summed E-state index contributed by atoms with van der Waals surface area (Å²) in [5.74, 6) is 0.0963. The average molecular weight is 523 g/mol. The number of non-ortho nitro benzene ring substituents is 1. The first kappa shape index (κ1) is 23.7. The van der Waals surface area contributed by atoms with E-state index in [1.807, 2.05) is 62.4 Å². The van der Waals surface area contributed by atoms with E-state index >= 15 is 0 Å². The third kappa shape index (κ3) is 3.86. The minimum atomic E-state index is -4.22. The van der Waals surface area contributed by atoms with Crippen LogP contribution >= 0.6 is 0 Å². The topological polar surface area (TPSA) is 102 Å². The molecule has 0 bridgehead atoms. The van der Waals surface area contributed by atoms with Gasteiger partial charge in [0.05, 0.1) is 10.4 Å². The first-order valence-corrected chi connectivity index (χ1v) is 13.4. The second kappa shape index (κ2) is 8.71. The van der Waals surface area contributed by atoms with Crippen molar-refractivity contribution in [1.82, 2.24) is 4.98 Å². The van der Waals surface area contributed by atoms with Gasteiger partial charge in [-0.2, -0.15) is 8.42 Å². The number of aryl methyl sites for hydroxylation is 2. The number of nitrogens with one attached hydrogen (secondary N) is 1. The van der Waals surface area contributed by atoms with Crippen LogP contribution in [-0.2, 0) is 10.1 Å². The van der Waals surface area contributed by atoms with Crippen molar-refractivity contribution in [2.75, 3.05) is 0 Å². The summed E-state index contributed by atoms with van der Waals surface area (Å²) in [7, 11) is -4.22. The van der Waals surface area contributed by atoms with Crippen LogP contribution in [0, 0.1) is 24.0 Å². The van der Waals surface area contributed by atoms with Crippen LogP contribution in [0.2, 0.25) is 0 Å². The van der Waals surface area contributed by atoms with Gasteiger partial charge in [0.2, 0.25) is 0 Å². The SMILES string of the molecule is Cc1ccc(S(=O)(=O)Oc2c3ccc([N+](=O)[O-])cc3c(-c3ccccc3)c3c2[nH]c2ccc(C)cc23)cc1. The minimum absolute atomic E-state index is 0.0189. The van der Waals surface area contributed by atoms with Crippen LogP contribution in [0.3, 0.4) is 0 Å². The van der Waals surface area contributed by atoms with Gasteiger partial charge in [-0.05, 0) is 49.7 Å². The van der Waals surface area contributed by atoms with Crippen molar-refractivity contribution < 1.29 is 17.5 Å². The van der Waals surface area contributed by atoms with E-state index in [1.165, 1.54) is 24.3 Å². The number of nitro groups is 1. The molecule has 8 heteroatoms. The van der Waals surface area contributed by atoms with Gasteiger partial charge in [-0.15, -0.1) is 0 Å². The molecule has 0 atom stereocenters. The molecule has 0 radical (unpaired) electrons. The van der Waals surface area contributed by atoms with E-state index in [9.17, 15) is 18.5 Å². The largest absolute Gasteiger partial charge is 0.376 e. The molecule has 0 saturated carbocycles. The summed E-state index contributed by atoms with van der Waals surface area (Å²) in [5.41, 5.74) is 4.74. The van der Waals surface area contributed by atoms with Crippen molar-refractivity contribution in [1.29, 1.82) is 0 Å². The normalized spacial score (nSPS) is 11.8. The summed E-state index contributed by atoms with van der Waals surface area (Å²) in [6.45, 7) is 3.85. The summed E-state index contributed by atoms with van der Waals surface area (Å²) < 4.78 is 32.8. The fraction of sp³-hybridized carbons (Fsp3) is 0.0667. The van der Waals surface area contributed by atoms with E-state index in [2.05, 4.69) is 4.98 Å². The summed E-state index contributed by atoms with van der Waals surface area (Å²) in [4.78, 5) is 14.7. The fourth-order valence-electron chi connectivity index (χ4n) is 4.91. The zero-order valence-electron chi connectivity index (χ0n) is 20.6. The van der Waals surface area contributed by atoms with Gasteiger partial charge in [0, 0.05) is 44.8 Å². The number of fused-ring (bicyclic) bond motifs is 4. The van der Waals surface area contributed by atoms with Gasteiger partial charge in [-0.3, -0.25) is 10.1 Å². The Bertz CT molecular complexity index is 1990. The van der Waals surface area contributed by atoms with Gasteiger partial charge >= 0.3 is 10.1 Å². The van der Waals surface area contributed by atoms with Crippen molar-refractivity contribution in [3.8, 4) is 16.9 Å². The highest BCUT2D eigenvalue weighted by Crippen LogP contribution is 2.47. The summed E-state index contributed by atoms with van der Waals surface area (Å²) in [6.07, 6.45) is 0. The van der Waals surface area contributed by atoms with Crippen molar-refractivity contribution in [3.63, 3.8) is 0 Å². The van der Waals surface area contributed by atoms with Crippen molar-refractivity contribution in [2.45, 2.75) is 18.7 Å². The molecular weight excluding hydrogens is 500 g/mol. The highest BCUT2D eigenvalue weighted by atomic mass is 32.2. The lowest BCUT2D eigenvalue weighted by atomic mass is 9.92. The van der Waals surface area contributed by atoms with Crippen molar-refractivity contribution in [2.24, 2.45) is 0 Å². The van der Waals surface area contributed by atoms with Gasteiger partial charge in [0.1, 0.15) is 4.90 Å². The van der Waals surface area contributed by atoms with E-state index in [1.54, 1.807) is 18.2 Å². The van der Waals surface area contributed by atoms with Crippen LogP contribution < -0.4 is 4.18 Å². The Kier molecular flexibility index (Phi) is 5.43. The maximum Gasteiger partial charge on any atom is 0.339 e. The Hall–Kier alpha value is -4.69. The molecule has 0 aliphatic heterocycles. The maximum atomic E-state index is 13.5. The van der Waals surface area contributed by atoms with E-state index in [-0.39, 0.29) is 16.3 Å². The second-order valence-corrected chi connectivity index (χ2v) is 10.9. The summed E-state index contributed by atoms with van der Waals surface area (Å²) in [5, 5.41) is 14.3. The fourth-order valence-corrected chi connectivity index (χ4v) is 5.87. The van der Waals surface area contributed by atoms with E-state index in [0.717, 1.165) is 38.5 Å². The predicted octanol–water partition coefficient (Wildman–Crippen LogP) is 7.43. The third-order valence-corrected chi connectivity index (χ3v) is 7.96. The Morgan fingerprint density at radius 1 is 0.789 bits per heavy atom. The molecule has 0 saturated heterocycles. The molecule has 5 aromatic carbocycles. The second-order valence-electron chi connectivity index (χ2n) is 9.33. The zero-order chi connectivity index (χ0) is 26.6. The molecule has 1 N–H and O–H groups in total. The summed E-state index contributed by atoms with van der Waals surface area (Å²) >= 11 is 0. The number of aromatic amines is 1. The molecule has 0 aliphatic rings. The lowest BCUT2D eigenvalue weighted by molar-refractivity contribution is -0.384. The molecule has 6 aromatic rings. The number of hydrogen-bond acceptors (Lipinski definition) is 5. The van der Waals surface area contributed by atoms with Gasteiger partial charge in [0.15, 0.2) is 5.75 Å². The number of rotatable bonds is 5. The van der Waals surface area contributed by atoms with Crippen molar-refractivity contribution in [3.05, 3.63) is 112 Å². The molecule has 0 spiro atoms. The van der Waals surface area contributed by atoms with E-state index in [4.69, 9.17) is 4.18 Å². The monoisotopic (exact) mass is 522 g/mol. The average Bonchev–Trinajstić information content (AvgIpc) is 3.27. The zero-order valence-corrected chi connectivity index (χ0v) is 21.4. The molecule has 7 nitrogen and oxygen atoms in total. The third-order valence-electron chi connectivity index (χ3n) is 6.72. The van der Waals surface area contributed by atoms with Crippen LogP contribution in [-0.4, -0.2) is 18.3 Å². The Morgan fingerprint density at radius 3 is 2.21 bits per heavy atom. The minimum Gasteiger partial charge on any atom is -0.376 e. The van der Waals surface area contributed by atoms with Crippen LogP contribution in [0.25, 0.3) is 43.7 Å². The lowest BCUT2D eigenvalue weighted by Crippen LogP contribution is -2.10. The number of nitro benzene ring substituents is 1. The lowest BCUT2D eigenvalue weighted by Gasteiger charge is -2.16. The molecular formula is C30H22N2O5S. The number of hydrogen-bond donors (Lipinski definition) is 1. The highest BCUT2D eigenvalue weighted by molar-refractivity contribution is 7.87. The number of H-pyrrole nitrogens is 1. The van der Waals surface area contributed by atoms with Gasteiger partial charge in [-0.1, -0.05) is 59.7 Å². The quantitative estimate of drug-likeness (QED) is 0.144. The van der Waals surface area contributed by atoms with E-state index < -0.39 is 15.0 Å². The predicted molar refractivity (Wildman–Crippen MR) is 149 cm³/mol. The highest BCUT2D eigenvalue weighted by Gasteiger charge is 2.26. The molecule has 0 unspecified atom stereocenters.